The molecule has 2 fully saturated rings. The molecule has 0 radical (unpaired) electrons. The molecule has 0 bridgehead atoms. The standard InChI is InChI=1S/C17H25ClN6O2/c1-17(2,3)24-9-11(10-24)26-16-19-12-13(22(16)4)20-15(18)21-14(12)23-5-7-25-8-6-23/h11H,5-10H2,1-4H3. The maximum Gasteiger partial charge on any atom is 0.298 e. The Morgan fingerprint density at radius 3 is 2.46 bits per heavy atom. The first-order valence-electron chi connectivity index (χ1n) is 8.97. The Morgan fingerprint density at radius 2 is 1.81 bits per heavy atom. The molecule has 4 rings (SSSR count). The molecular weight excluding hydrogens is 356 g/mol. The second-order valence-electron chi connectivity index (χ2n) is 7.86. The summed E-state index contributed by atoms with van der Waals surface area (Å²) in [5.74, 6) is 0.749. The zero-order valence-electron chi connectivity index (χ0n) is 15.7. The van der Waals surface area contributed by atoms with Gasteiger partial charge in [-0.05, 0) is 32.4 Å². The number of likely N-dealkylation sites (tertiary alicyclic amines) is 1. The Balaban J connectivity index is 1.60. The lowest BCUT2D eigenvalue weighted by atomic mass is 9.99. The first kappa shape index (κ1) is 17.8. The van der Waals surface area contributed by atoms with Crippen molar-refractivity contribution in [1.29, 1.82) is 0 Å². The summed E-state index contributed by atoms with van der Waals surface area (Å²) in [7, 11) is 1.90. The first-order valence-corrected chi connectivity index (χ1v) is 9.35. The summed E-state index contributed by atoms with van der Waals surface area (Å²) < 4.78 is 13.4. The molecule has 142 valence electrons. The van der Waals surface area contributed by atoms with Crippen LogP contribution in [0.25, 0.3) is 11.2 Å². The van der Waals surface area contributed by atoms with Crippen molar-refractivity contribution in [2.24, 2.45) is 7.05 Å². The van der Waals surface area contributed by atoms with Crippen LogP contribution in [-0.4, -0.2) is 75.5 Å². The molecule has 0 saturated carbocycles. The third kappa shape index (κ3) is 3.21. The van der Waals surface area contributed by atoms with Gasteiger partial charge in [0.25, 0.3) is 6.01 Å². The lowest BCUT2D eigenvalue weighted by Gasteiger charge is -2.46. The number of aromatic nitrogens is 4. The van der Waals surface area contributed by atoms with Gasteiger partial charge in [0.1, 0.15) is 6.10 Å². The van der Waals surface area contributed by atoms with E-state index in [1.807, 2.05) is 11.6 Å². The van der Waals surface area contributed by atoms with Gasteiger partial charge in [-0.15, -0.1) is 0 Å². The number of aryl methyl sites for hydroxylation is 1. The highest BCUT2D eigenvalue weighted by Crippen LogP contribution is 2.30. The van der Waals surface area contributed by atoms with Crippen molar-refractivity contribution < 1.29 is 9.47 Å². The third-order valence-electron chi connectivity index (χ3n) is 5.01. The topological polar surface area (TPSA) is 68.5 Å². The monoisotopic (exact) mass is 380 g/mol. The van der Waals surface area contributed by atoms with Gasteiger partial charge in [-0.1, -0.05) is 0 Å². The number of halogens is 1. The van der Waals surface area contributed by atoms with Gasteiger partial charge in [0, 0.05) is 38.8 Å². The number of imidazole rings is 1. The van der Waals surface area contributed by atoms with Crippen LogP contribution >= 0.6 is 11.6 Å². The molecule has 2 aliphatic rings. The minimum Gasteiger partial charge on any atom is -0.459 e. The third-order valence-corrected chi connectivity index (χ3v) is 5.18. The van der Waals surface area contributed by atoms with E-state index in [2.05, 4.69) is 40.5 Å². The quantitative estimate of drug-likeness (QED) is 0.751. The summed E-state index contributed by atoms with van der Waals surface area (Å²) in [5, 5.41) is 0.219. The molecule has 0 aromatic carbocycles. The van der Waals surface area contributed by atoms with E-state index in [0.717, 1.165) is 37.5 Å². The van der Waals surface area contributed by atoms with E-state index in [1.54, 1.807) is 0 Å². The van der Waals surface area contributed by atoms with Crippen LogP contribution in [0.2, 0.25) is 5.28 Å². The molecule has 2 aromatic rings. The first-order chi connectivity index (χ1) is 12.3. The van der Waals surface area contributed by atoms with Gasteiger partial charge in [-0.2, -0.15) is 15.0 Å². The highest BCUT2D eigenvalue weighted by Gasteiger charge is 2.36. The SMILES string of the molecule is Cn1c(OC2CN(C(C)(C)C)C2)nc2c(N3CCOCC3)nc(Cl)nc21. The van der Waals surface area contributed by atoms with Crippen LogP contribution < -0.4 is 9.64 Å². The summed E-state index contributed by atoms with van der Waals surface area (Å²) >= 11 is 6.17. The summed E-state index contributed by atoms with van der Waals surface area (Å²) in [5.41, 5.74) is 1.57. The van der Waals surface area contributed by atoms with E-state index in [0.29, 0.717) is 24.9 Å². The van der Waals surface area contributed by atoms with Gasteiger partial charge >= 0.3 is 0 Å². The Labute approximate surface area is 158 Å². The Kier molecular flexibility index (Phi) is 4.45. The smallest absolute Gasteiger partial charge is 0.298 e. The van der Waals surface area contributed by atoms with Crippen molar-refractivity contribution in [3.63, 3.8) is 0 Å². The highest BCUT2D eigenvalue weighted by atomic mass is 35.5. The van der Waals surface area contributed by atoms with Crippen LogP contribution in [0, 0.1) is 0 Å². The average molecular weight is 381 g/mol. The molecule has 9 heteroatoms. The second-order valence-corrected chi connectivity index (χ2v) is 8.19. The second kappa shape index (κ2) is 6.51. The van der Waals surface area contributed by atoms with Crippen LogP contribution in [0.15, 0.2) is 0 Å². The van der Waals surface area contributed by atoms with Crippen molar-refractivity contribution >= 4 is 28.6 Å². The molecule has 0 unspecified atom stereocenters. The summed E-state index contributed by atoms with van der Waals surface area (Å²) in [6.07, 6.45) is 0.139. The van der Waals surface area contributed by atoms with Crippen LogP contribution in [0.3, 0.4) is 0 Å². The number of hydrogen-bond acceptors (Lipinski definition) is 7. The van der Waals surface area contributed by atoms with E-state index in [9.17, 15) is 0 Å². The van der Waals surface area contributed by atoms with Gasteiger partial charge < -0.3 is 14.4 Å². The van der Waals surface area contributed by atoms with E-state index in [4.69, 9.17) is 26.1 Å². The Morgan fingerprint density at radius 1 is 1.12 bits per heavy atom. The molecule has 0 atom stereocenters. The lowest BCUT2D eigenvalue weighted by Crippen LogP contribution is -2.60. The molecular formula is C17H25ClN6O2. The molecule has 0 spiro atoms. The van der Waals surface area contributed by atoms with Crippen LogP contribution in [0.1, 0.15) is 20.8 Å². The van der Waals surface area contributed by atoms with Gasteiger partial charge in [0.15, 0.2) is 17.0 Å². The summed E-state index contributed by atoms with van der Waals surface area (Å²) in [6.45, 7) is 11.3. The number of anilines is 1. The van der Waals surface area contributed by atoms with Gasteiger partial charge in [0.05, 0.1) is 13.2 Å². The van der Waals surface area contributed by atoms with Crippen molar-refractivity contribution in [2.75, 3.05) is 44.3 Å². The van der Waals surface area contributed by atoms with Gasteiger partial charge in [-0.25, -0.2) is 0 Å². The largest absolute Gasteiger partial charge is 0.459 e. The minimum atomic E-state index is 0.139. The number of morpholine rings is 1. The average Bonchev–Trinajstić information content (AvgIpc) is 2.86. The molecule has 0 N–H and O–H groups in total. The number of ether oxygens (including phenoxy) is 2. The van der Waals surface area contributed by atoms with E-state index < -0.39 is 0 Å². The molecule has 2 aromatic heterocycles. The fourth-order valence-electron chi connectivity index (χ4n) is 3.31. The Bertz CT molecular complexity index is 806. The van der Waals surface area contributed by atoms with Crippen molar-refractivity contribution in [2.45, 2.75) is 32.4 Å². The molecule has 0 amide bonds. The molecule has 8 nitrogen and oxygen atoms in total. The summed E-state index contributed by atoms with van der Waals surface area (Å²) in [4.78, 5) is 18.0. The molecule has 2 aliphatic heterocycles. The number of fused-ring (bicyclic) bond motifs is 1. The minimum absolute atomic E-state index is 0.139. The van der Waals surface area contributed by atoms with Crippen LogP contribution in [0.4, 0.5) is 5.82 Å². The zero-order chi connectivity index (χ0) is 18.5. The predicted octanol–water partition coefficient (Wildman–Crippen LogP) is 1.71. The predicted molar refractivity (Wildman–Crippen MR) is 100 cm³/mol. The normalized spacial score (nSPS) is 19.8. The van der Waals surface area contributed by atoms with Crippen LogP contribution in [-0.2, 0) is 11.8 Å². The van der Waals surface area contributed by atoms with E-state index in [-0.39, 0.29) is 16.9 Å². The number of nitrogens with zero attached hydrogens (tertiary/aromatic N) is 6. The Hall–Kier alpha value is -1.64. The van der Waals surface area contributed by atoms with Gasteiger partial charge in [0.2, 0.25) is 5.28 Å². The molecule has 2 saturated heterocycles. The molecule has 26 heavy (non-hydrogen) atoms. The van der Waals surface area contributed by atoms with Crippen molar-refractivity contribution in [3.05, 3.63) is 5.28 Å². The zero-order valence-corrected chi connectivity index (χ0v) is 16.5. The fourth-order valence-corrected chi connectivity index (χ4v) is 3.47. The molecule has 0 aliphatic carbocycles. The fraction of sp³-hybridized carbons (Fsp3) is 0.706. The lowest BCUT2D eigenvalue weighted by molar-refractivity contribution is -0.0396. The van der Waals surface area contributed by atoms with Gasteiger partial charge in [-0.3, -0.25) is 9.47 Å². The number of hydrogen-bond donors (Lipinski definition) is 0. The summed E-state index contributed by atoms with van der Waals surface area (Å²) in [6, 6.07) is 0.560. The van der Waals surface area contributed by atoms with E-state index >= 15 is 0 Å². The van der Waals surface area contributed by atoms with Crippen molar-refractivity contribution in [3.8, 4) is 6.01 Å². The maximum absolute atomic E-state index is 6.17. The van der Waals surface area contributed by atoms with Crippen molar-refractivity contribution in [1.82, 2.24) is 24.4 Å². The molecule has 4 heterocycles. The highest BCUT2D eigenvalue weighted by molar-refractivity contribution is 6.28. The number of rotatable bonds is 3. The van der Waals surface area contributed by atoms with Crippen LogP contribution in [0.5, 0.6) is 6.01 Å². The maximum atomic E-state index is 6.17. The van der Waals surface area contributed by atoms with E-state index in [1.165, 1.54) is 0 Å².